The summed E-state index contributed by atoms with van der Waals surface area (Å²) in [4.78, 5) is 26.6. The van der Waals surface area contributed by atoms with Crippen LogP contribution in [0.1, 0.15) is 32.7 Å². The number of carbonyl (C=O) groups excluding carboxylic acids is 1. The molecular weight excluding hydrogens is 376 g/mol. The number of amides is 1. The molecule has 1 aliphatic rings. The molecule has 1 N–H and O–H groups in total. The van der Waals surface area contributed by atoms with E-state index in [2.05, 4.69) is 25.3 Å². The first-order chi connectivity index (χ1) is 13.8. The first kappa shape index (κ1) is 20.9. The minimum absolute atomic E-state index is 0.0156. The Morgan fingerprint density at radius 1 is 1.17 bits per heavy atom. The van der Waals surface area contributed by atoms with Crippen LogP contribution in [0.15, 0.2) is 28.7 Å². The van der Waals surface area contributed by atoms with Crippen LogP contribution in [0.25, 0.3) is 11.5 Å². The van der Waals surface area contributed by atoms with Gasteiger partial charge >= 0.3 is 0 Å². The molecule has 2 heterocycles. The number of rotatable bonds is 7. The fourth-order valence-corrected chi connectivity index (χ4v) is 3.28. The second kappa shape index (κ2) is 9.10. The highest BCUT2D eigenvalue weighted by Crippen LogP contribution is 2.26. The number of non-ortho nitro benzene ring substituents is 1. The average molecular weight is 402 g/mol. The van der Waals surface area contributed by atoms with Crippen molar-refractivity contribution in [3.63, 3.8) is 0 Å². The second-order valence-corrected chi connectivity index (χ2v) is 7.46. The second-order valence-electron chi connectivity index (χ2n) is 7.46. The summed E-state index contributed by atoms with van der Waals surface area (Å²) in [5.41, 5.74) is 0.657. The number of nitro groups is 1. The molecule has 29 heavy (non-hydrogen) atoms. The fourth-order valence-electron chi connectivity index (χ4n) is 3.28. The highest BCUT2D eigenvalue weighted by molar-refractivity contribution is 5.78. The average Bonchev–Trinajstić information content (AvgIpc) is 3.17. The molecule has 3 rings (SSSR count). The van der Waals surface area contributed by atoms with E-state index in [4.69, 9.17) is 4.42 Å². The Labute approximate surface area is 169 Å². The van der Waals surface area contributed by atoms with Gasteiger partial charge in [0.15, 0.2) is 0 Å². The zero-order chi connectivity index (χ0) is 21.0. The Bertz CT molecular complexity index is 843. The first-order valence-corrected chi connectivity index (χ1v) is 9.67. The lowest BCUT2D eigenvalue weighted by atomic mass is 10.2. The van der Waals surface area contributed by atoms with E-state index in [0.717, 1.165) is 26.2 Å². The highest BCUT2D eigenvalue weighted by Gasteiger charge is 2.26. The number of hydrogen-bond donors (Lipinski definition) is 1. The third kappa shape index (κ3) is 5.36. The smallest absolute Gasteiger partial charge is 0.269 e. The number of aromatic nitrogens is 2. The molecular formula is C19H26N6O4. The molecule has 1 atom stereocenters. The lowest BCUT2D eigenvalue weighted by Crippen LogP contribution is -2.50. The number of piperazine rings is 1. The van der Waals surface area contributed by atoms with Gasteiger partial charge in [-0.25, -0.2) is 0 Å². The molecule has 156 valence electrons. The van der Waals surface area contributed by atoms with E-state index < -0.39 is 4.92 Å². The van der Waals surface area contributed by atoms with E-state index in [-0.39, 0.29) is 23.7 Å². The summed E-state index contributed by atoms with van der Waals surface area (Å²) >= 11 is 0. The van der Waals surface area contributed by atoms with E-state index >= 15 is 0 Å². The Hall–Kier alpha value is -2.85. The van der Waals surface area contributed by atoms with Crippen LogP contribution in [-0.4, -0.2) is 69.6 Å². The third-order valence-electron chi connectivity index (χ3n) is 4.89. The van der Waals surface area contributed by atoms with Crippen molar-refractivity contribution in [1.29, 1.82) is 0 Å². The largest absolute Gasteiger partial charge is 0.419 e. The van der Waals surface area contributed by atoms with Gasteiger partial charge in [0.1, 0.15) is 0 Å². The van der Waals surface area contributed by atoms with Crippen molar-refractivity contribution in [3.8, 4) is 11.5 Å². The zero-order valence-electron chi connectivity index (χ0n) is 16.9. The van der Waals surface area contributed by atoms with Gasteiger partial charge in [0.2, 0.25) is 17.7 Å². The molecule has 0 bridgehead atoms. The maximum absolute atomic E-state index is 11.9. The summed E-state index contributed by atoms with van der Waals surface area (Å²) < 4.78 is 5.81. The van der Waals surface area contributed by atoms with Crippen molar-refractivity contribution >= 4 is 11.6 Å². The van der Waals surface area contributed by atoms with Crippen molar-refractivity contribution in [2.24, 2.45) is 0 Å². The van der Waals surface area contributed by atoms with Crippen LogP contribution >= 0.6 is 0 Å². The molecule has 1 aromatic heterocycles. The number of hydrogen-bond acceptors (Lipinski definition) is 8. The number of nitrogens with one attached hydrogen (secondary N) is 1. The third-order valence-corrected chi connectivity index (χ3v) is 4.89. The van der Waals surface area contributed by atoms with Crippen LogP contribution in [0.4, 0.5) is 5.69 Å². The molecule has 0 radical (unpaired) electrons. The molecule has 10 nitrogen and oxygen atoms in total. The molecule has 1 unspecified atom stereocenters. The number of benzene rings is 1. The molecule has 1 amide bonds. The number of carbonyl (C=O) groups is 1. The molecule has 0 saturated carbocycles. The van der Waals surface area contributed by atoms with Crippen LogP contribution in [0, 0.1) is 10.1 Å². The summed E-state index contributed by atoms with van der Waals surface area (Å²) in [7, 11) is 0. The van der Waals surface area contributed by atoms with Crippen LogP contribution < -0.4 is 5.32 Å². The van der Waals surface area contributed by atoms with Crippen molar-refractivity contribution in [3.05, 3.63) is 40.3 Å². The standard InChI is InChI=1S/C19H26N6O4/c1-13(2)20-17(26)12-23-8-10-24(11-9-23)14(3)18-21-22-19(29-18)15-4-6-16(7-5-15)25(27)28/h4-7,13-14H,8-12H2,1-3H3,(H,20,26). The van der Waals surface area contributed by atoms with E-state index in [1.807, 2.05) is 20.8 Å². The minimum atomic E-state index is -0.447. The predicted octanol–water partition coefficient (Wildman–Crippen LogP) is 1.85. The quantitative estimate of drug-likeness (QED) is 0.551. The summed E-state index contributed by atoms with van der Waals surface area (Å²) in [6.45, 7) is 9.49. The van der Waals surface area contributed by atoms with Crippen molar-refractivity contribution < 1.29 is 14.1 Å². The van der Waals surface area contributed by atoms with E-state index in [1.165, 1.54) is 12.1 Å². The summed E-state index contributed by atoms with van der Waals surface area (Å²) in [6.07, 6.45) is 0. The monoisotopic (exact) mass is 402 g/mol. The molecule has 1 aromatic carbocycles. The van der Waals surface area contributed by atoms with E-state index in [9.17, 15) is 14.9 Å². The Morgan fingerprint density at radius 2 is 1.83 bits per heavy atom. The highest BCUT2D eigenvalue weighted by atomic mass is 16.6. The normalized spacial score (nSPS) is 16.7. The van der Waals surface area contributed by atoms with Crippen molar-refractivity contribution in [1.82, 2.24) is 25.3 Å². The van der Waals surface area contributed by atoms with E-state index in [0.29, 0.717) is 23.9 Å². The molecule has 1 aliphatic heterocycles. The number of nitrogens with zero attached hydrogens (tertiary/aromatic N) is 5. The van der Waals surface area contributed by atoms with Crippen LogP contribution in [-0.2, 0) is 4.79 Å². The predicted molar refractivity (Wildman–Crippen MR) is 106 cm³/mol. The van der Waals surface area contributed by atoms with Gasteiger partial charge in [-0.15, -0.1) is 10.2 Å². The first-order valence-electron chi connectivity index (χ1n) is 9.67. The minimum Gasteiger partial charge on any atom is -0.419 e. The molecule has 1 fully saturated rings. The Balaban J connectivity index is 1.56. The van der Waals surface area contributed by atoms with Gasteiger partial charge in [0.05, 0.1) is 17.5 Å². The van der Waals surface area contributed by atoms with Gasteiger partial charge in [-0.2, -0.15) is 0 Å². The van der Waals surface area contributed by atoms with Crippen LogP contribution in [0.3, 0.4) is 0 Å². The lowest BCUT2D eigenvalue weighted by molar-refractivity contribution is -0.384. The Kier molecular flexibility index (Phi) is 6.55. The van der Waals surface area contributed by atoms with Gasteiger partial charge in [0, 0.05) is 49.9 Å². The van der Waals surface area contributed by atoms with E-state index in [1.54, 1.807) is 12.1 Å². The van der Waals surface area contributed by atoms with Crippen LogP contribution in [0.5, 0.6) is 0 Å². The van der Waals surface area contributed by atoms with Gasteiger partial charge in [-0.1, -0.05) is 0 Å². The number of nitro benzene ring substituents is 1. The summed E-state index contributed by atoms with van der Waals surface area (Å²) in [6, 6.07) is 6.11. The molecule has 10 heteroatoms. The summed E-state index contributed by atoms with van der Waals surface area (Å²) in [5, 5.41) is 21.9. The van der Waals surface area contributed by atoms with Gasteiger partial charge in [0.25, 0.3) is 5.69 Å². The maximum Gasteiger partial charge on any atom is 0.269 e. The van der Waals surface area contributed by atoms with Gasteiger partial charge in [-0.05, 0) is 32.9 Å². The molecule has 0 spiro atoms. The molecule has 1 saturated heterocycles. The van der Waals surface area contributed by atoms with Gasteiger partial charge in [-0.3, -0.25) is 24.7 Å². The maximum atomic E-state index is 11.9. The fraction of sp³-hybridized carbons (Fsp3) is 0.526. The van der Waals surface area contributed by atoms with Gasteiger partial charge < -0.3 is 9.73 Å². The SMILES string of the molecule is CC(C)NC(=O)CN1CCN(C(C)c2nnc(-c3ccc([N+](=O)[O-])cc3)o2)CC1. The molecule has 2 aromatic rings. The summed E-state index contributed by atoms with van der Waals surface area (Å²) in [5.74, 6) is 0.890. The van der Waals surface area contributed by atoms with Crippen molar-refractivity contribution in [2.45, 2.75) is 32.9 Å². The molecule has 0 aliphatic carbocycles. The lowest BCUT2D eigenvalue weighted by Gasteiger charge is -2.36. The Morgan fingerprint density at radius 3 is 2.41 bits per heavy atom. The topological polar surface area (TPSA) is 118 Å². The van der Waals surface area contributed by atoms with Crippen molar-refractivity contribution in [2.75, 3.05) is 32.7 Å². The van der Waals surface area contributed by atoms with Crippen LogP contribution in [0.2, 0.25) is 0 Å². The zero-order valence-corrected chi connectivity index (χ0v) is 16.9.